The van der Waals surface area contributed by atoms with Crippen molar-refractivity contribution in [3.05, 3.63) is 65.5 Å². The average molecular weight is 258 g/mol. The molecule has 0 amide bonds. The Bertz CT molecular complexity index is 485. The fraction of sp³-hybridized carbons (Fsp3) is 0.267. The lowest BCUT2D eigenvalue weighted by molar-refractivity contribution is 0.931. The summed E-state index contributed by atoms with van der Waals surface area (Å²) < 4.78 is 0. The van der Waals surface area contributed by atoms with Crippen molar-refractivity contribution in [2.75, 3.05) is 6.54 Å². The molecular formula is C15H18N2S. The molecule has 0 saturated heterocycles. The second-order valence-electron chi connectivity index (χ2n) is 4.25. The summed E-state index contributed by atoms with van der Waals surface area (Å²) in [5, 5.41) is 0.318. The molecule has 2 aromatic rings. The van der Waals surface area contributed by atoms with Gasteiger partial charge in [-0.3, -0.25) is 4.98 Å². The third-order valence-electron chi connectivity index (χ3n) is 2.97. The van der Waals surface area contributed by atoms with Gasteiger partial charge in [0, 0.05) is 29.9 Å². The van der Waals surface area contributed by atoms with Gasteiger partial charge in [-0.25, -0.2) is 0 Å². The number of pyridine rings is 1. The minimum Gasteiger partial charge on any atom is -0.329 e. The van der Waals surface area contributed by atoms with E-state index in [4.69, 9.17) is 5.73 Å². The highest BCUT2D eigenvalue weighted by Gasteiger charge is 2.10. The lowest BCUT2D eigenvalue weighted by Gasteiger charge is -2.15. The Morgan fingerprint density at radius 1 is 1.22 bits per heavy atom. The molecule has 1 atom stereocenters. The Morgan fingerprint density at radius 3 is 2.72 bits per heavy atom. The van der Waals surface area contributed by atoms with E-state index < -0.39 is 0 Å². The first-order chi connectivity index (χ1) is 8.81. The predicted octanol–water partition coefficient (Wildman–Crippen LogP) is 3.32. The van der Waals surface area contributed by atoms with Crippen LogP contribution in [-0.4, -0.2) is 11.5 Å². The summed E-state index contributed by atoms with van der Waals surface area (Å²) >= 11 is 1.88. The van der Waals surface area contributed by atoms with Crippen LogP contribution in [0, 0.1) is 6.92 Å². The predicted molar refractivity (Wildman–Crippen MR) is 78.5 cm³/mol. The smallest absolute Gasteiger partial charge is 0.0438 e. The molecule has 1 aromatic heterocycles. The third kappa shape index (κ3) is 3.34. The zero-order chi connectivity index (χ0) is 12.8. The van der Waals surface area contributed by atoms with Gasteiger partial charge in [0.25, 0.3) is 0 Å². The van der Waals surface area contributed by atoms with Gasteiger partial charge in [-0.05, 0) is 29.7 Å². The third-order valence-corrected chi connectivity index (χ3v) is 4.32. The van der Waals surface area contributed by atoms with Gasteiger partial charge in [0.05, 0.1) is 0 Å². The Hall–Kier alpha value is -1.32. The van der Waals surface area contributed by atoms with Gasteiger partial charge < -0.3 is 5.73 Å². The monoisotopic (exact) mass is 258 g/mol. The van der Waals surface area contributed by atoms with Crippen molar-refractivity contribution in [2.45, 2.75) is 17.9 Å². The first kappa shape index (κ1) is 13.1. The van der Waals surface area contributed by atoms with Gasteiger partial charge in [0.15, 0.2) is 0 Å². The highest BCUT2D eigenvalue weighted by Crippen LogP contribution is 2.30. The van der Waals surface area contributed by atoms with E-state index in [-0.39, 0.29) is 0 Å². The molecule has 1 aromatic carbocycles. The van der Waals surface area contributed by atoms with Crippen LogP contribution in [-0.2, 0) is 5.75 Å². The second kappa shape index (κ2) is 6.57. The standard InChI is InChI=1S/C15H18N2S/c1-12-5-2-3-6-14(12)11-18-15(9-16)13-7-4-8-17-10-13/h2-8,10,15H,9,11,16H2,1H3. The minimum atomic E-state index is 0.318. The van der Waals surface area contributed by atoms with Gasteiger partial charge in [-0.1, -0.05) is 30.3 Å². The Kier molecular flexibility index (Phi) is 4.79. The number of hydrogen-bond acceptors (Lipinski definition) is 3. The van der Waals surface area contributed by atoms with Crippen LogP contribution < -0.4 is 5.73 Å². The van der Waals surface area contributed by atoms with E-state index in [1.54, 1.807) is 6.20 Å². The van der Waals surface area contributed by atoms with Crippen molar-refractivity contribution in [2.24, 2.45) is 5.73 Å². The lowest BCUT2D eigenvalue weighted by Crippen LogP contribution is -2.10. The lowest BCUT2D eigenvalue weighted by atomic mass is 10.1. The molecule has 0 aliphatic heterocycles. The summed E-state index contributed by atoms with van der Waals surface area (Å²) in [4.78, 5) is 4.16. The molecule has 0 bridgehead atoms. The van der Waals surface area contributed by atoms with Crippen LogP contribution in [0.1, 0.15) is 21.9 Å². The number of benzene rings is 1. The molecular weight excluding hydrogens is 240 g/mol. The van der Waals surface area contributed by atoms with E-state index in [9.17, 15) is 0 Å². The maximum atomic E-state index is 5.86. The largest absolute Gasteiger partial charge is 0.329 e. The van der Waals surface area contributed by atoms with Gasteiger partial charge in [-0.15, -0.1) is 11.8 Å². The quantitative estimate of drug-likeness (QED) is 0.894. The molecule has 0 spiro atoms. The molecule has 3 heteroatoms. The summed E-state index contributed by atoms with van der Waals surface area (Å²) in [5.41, 5.74) is 9.78. The fourth-order valence-electron chi connectivity index (χ4n) is 1.83. The highest BCUT2D eigenvalue weighted by molar-refractivity contribution is 7.98. The van der Waals surface area contributed by atoms with Gasteiger partial charge in [0.2, 0.25) is 0 Å². The molecule has 94 valence electrons. The van der Waals surface area contributed by atoms with E-state index in [1.807, 2.05) is 24.0 Å². The normalized spacial score (nSPS) is 12.3. The van der Waals surface area contributed by atoms with Crippen molar-refractivity contribution in [1.82, 2.24) is 4.98 Å². The van der Waals surface area contributed by atoms with Crippen LogP contribution >= 0.6 is 11.8 Å². The zero-order valence-electron chi connectivity index (χ0n) is 10.5. The topological polar surface area (TPSA) is 38.9 Å². The maximum absolute atomic E-state index is 5.86. The molecule has 2 N–H and O–H groups in total. The van der Waals surface area contributed by atoms with Crippen LogP contribution in [0.3, 0.4) is 0 Å². The van der Waals surface area contributed by atoms with Crippen LogP contribution in [0.4, 0.5) is 0 Å². The molecule has 0 saturated carbocycles. The SMILES string of the molecule is Cc1ccccc1CSC(CN)c1cccnc1. The van der Waals surface area contributed by atoms with Crippen molar-refractivity contribution in [3.63, 3.8) is 0 Å². The minimum absolute atomic E-state index is 0.318. The highest BCUT2D eigenvalue weighted by atomic mass is 32.2. The Balaban J connectivity index is 2.02. The second-order valence-corrected chi connectivity index (χ2v) is 5.44. The molecule has 0 aliphatic rings. The molecule has 0 radical (unpaired) electrons. The molecule has 2 nitrogen and oxygen atoms in total. The molecule has 18 heavy (non-hydrogen) atoms. The first-order valence-electron chi connectivity index (χ1n) is 6.07. The van der Waals surface area contributed by atoms with Crippen LogP contribution in [0.25, 0.3) is 0 Å². The average Bonchev–Trinajstić information content (AvgIpc) is 2.42. The Labute approximate surface area is 113 Å². The van der Waals surface area contributed by atoms with Gasteiger partial charge in [-0.2, -0.15) is 0 Å². The molecule has 1 heterocycles. The summed E-state index contributed by atoms with van der Waals surface area (Å²) in [7, 11) is 0. The number of aryl methyl sites for hydroxylation is 1. The number of rotatable bonds is 5. The van der Waals surface area contributed by atoms with Crippen LogP contribution in [0.15, 0.2) is 48.8 Å². The number of nitrogens with zero attached hydrogens (tertiary/aromatic N) is 1. The van der Waals surface area contributed by atoms with E-state index in [0.717, 1.165) is 5.75 Å². The van der Waals surface area contributed by atoms with Crippen molar-refractivity contribution in [3.8, 4) is 0 Å². The van der Waals surface area contributed by atoms with E-state index in [0.29, 0.717) is 11.8 Å². The number of aromatic nitrogens is 1. The van der Waals surface area contributed by atoms with Crippen molar-refractivity contribution < 1.29 is 0 Å². The molecule has 2 rings (SSSR count). The van der Waals surface area contributed by atoms with E-state index in [2.05, 4.69) is 42.2 Å². The summed E-state index contributed by atoms with van der Waals surface area (Å²) in [6.07, 6.45) is 3.70. The summed E-state index contributed by atoms with van der Waals surface area (Å²) in [5.74, 6) is 0.990. The number of nitrogens with two attached hydrogens (primary N) is 1. The fourth-order valence-corrected chi connectivity index (χ4v) is 3.00. The summed E-state index contributed by atoms with van der Waals surface area (Å²) in [6.45, 7) is 2.79. The van der Waals surface area contributed by atoms with Gasteiger partial charge >= 0.3 is 0 Å². The molecule has 0 fully saturated rings. The van der Waals surface area contributed by atoms with Crippen molar-refractivity contribution in [1.29, 1.82) is 0 Å². The summed E-state index contributed by atoms with van der Waals surface area (Å²) in [6, 6.07) is 12.5. The van der Waals surface area contributed by atoms with Crippen LogP contribution in [0.2, 0.25) is 0 Å². The number of hydrogen-bond donors (Lipinski definition) is 1. The number of thioether (sulfide) groups is 1. The van der Waals surface area contributed by atoms with Crippen molar-refractivity contribution >= 4 is 11.8 Å². The zero-order valence-corrected chi connectivity index (χ0v) is 11.4. The molecule has 1 unspecified atom stereocenters. The van der Waals surface area contributed by atoms with Crippen LogP contribution in [0.5, 0.6) is 0 Å². The van der Waals surface area contributed by atoms with Gasteiger partial charge in [0.1, 0.15) is 0 Å². The Morgan fingerprint density at radius 2 is 2.06 bits per heavy atom. The molecule has 0 aliphatic carbocycles. The maximum Gasteiger partial charge on any atom is 0.0438 e. The first-order valence-corrected chi connectivity index (χ1v) is 7.12. The van der Waals surface area contributed by atoms with E-state index >= 15 is 0 Å². The van der Waals surface area contributed by atoms with E-state index in [1.165, 1.54) is 16.7 Å².